The third kappa shape index (κ3) is 8.39. The summed E-state index contributed by atoms with van der Waals surface area (Å²) in [4.78, 5) is 31.4. The van der Waals surface area contributed by atoms with E-state index in [1.807, 2.05) is 53.2 Å². The molecule has 4 rings (SSSR count). The van der Waals surface area contributed by atoms with Gasteiger partial charge in [0.25, 0.3) is 0 Å². The fourth-order valence-electron chi connectivity index (χ4n) is 3.85. The SMILES string of the molecule is C=S(=O)(O)Nc1ccc(CC(NC(=O)C(Cc2ccccc2)NC(=O)OC)c2csc(-c3cccs3)n2)cc1. The summed E-state index contributed by atoms with van der Waals surface area (Å²) in [6.45, 7) is 0. The molecule has 2 aromatic heterocycles. The van der Waals surface area contributed by atoms with Crippen LogP contribution in [0.4, 0.5) is 10.5 Å². The molecule has 0 aliphatic rings. The van der Waals surface area contributed by atoms with Crippen LogP contribution in [0.3, 0.4) is 0 Å². The largest absolute Gasteiger partial charge is 0.453 e. The fraction of sp³-hybridized carbons (Fsp3) is 0.185. The van der Waals surface area contributed by atoms with Crippen molar-refractivity contribution in [3.63, 3.8) is 0 Å². The Morgan fingerprint density at radius 2 is 1.72 bits per heavy atom. The molecule has 0 radical (unpaired) electrons. The summed E-state index contributed by atoms with van der Waals surface area (Å²) in [6, 6.07) is 18.9. The minimum atomic E-state index is -3.40. The normalized spacial score (nSPS) is 14.0. The number of ether oxygens (including phenoxy) is 1. The van der Waals surface area contributed by atoms with Gasteiger partial charge in [0.05, 0.1) is 23.7 Å². The smallest absolute Gasteiger partial charge is 0.407 e. The summed E-state index contributed by atoms with van der Waals surface area (Å²) >= 11 is 3.07. The quantitative estimate of drug-likeness (QED) is 0.188. The predicted octanol–water partition coefficient (Wildman–Crippen LogP) is 4.76. The van der Waals surface area contributed by atoms with E-state index < -0.39 is 28.2 Å². The number of carbonyl (C=O) groups is 2. The average molecular weight is 585 g/mol. The van der Waals surface area contributed by atoms with Crippen LogP contribution in [0, 0.1) is 0 Å². The van der Waals surface area contributed by atoms with E-state index in [1.165, 1.54) is 18.4 Å². The Morgan fingerprint density at radius 1 is 1.00 bits per heavy atom. The number of rotatable bonds is 11. The molecule has 0 saturated carbocycles. The molecular formula is C27H28N4O5S3. The van der Waals surface area contributed by atoms with Gasteiger partial charge in [0.15, 0.2) is 9.99 Å². The van der Waals surface area contributed by atoms with Crippen LogP contribution in [0.2, 0.25) is 0 Å². The number of thiophene rings is 1. The van der Waals surface area contributed by atoms with Crippen LogP contribution in [0.15, 0.2) is 77.5 Å². The first-order valence-electron chi connectivity index (χ1n) is 11.8. The summed E-state index contributed by atoms with van der Waals surface area (Å²) in [5, 5.41) is 10.5. The van der Waals surface area contributed by atoms with Gasteiger partial charge in [-0.2, -0.15) is 0 Å². The Labute approximate surface area is 235 Å². The van der Waals surface area contributed by atoms with Gasteiger partial charge in [0.2, 0.25) is 5.91 Å². The minimum Gasteiger partial charge on any atom is -0.453 e. The number of alkyl carbamates (subject to hydrolysis) is 1. The summed E-state index contributed by atoms with van der Waals surface area (Å²) in [7, 11) is -2.15. The topological polar surface area (TPSA) is 130 Å². The molecule has 9 nitrogen and oxygen atoms in total. The van der Waals surface area contributed by atoms with E-state index in [1.54, 1.807) is 35.6 Å². The molecule has 3 atom stereocenters. The zero-order valence-electron chi connectivity index (χ0n) is 21.0. The molecule has 0 spiro atoms. The Morgan fingerprint density at radius 3 is 2.36 bits per heavy atom. The number of aromatic nitrogens is 1. The molecule has 4 N–H and O–H groups in total. The number of hydrogen-bond donors (Lipinski definition) is 4. The molecule has 0 aliphatic carbocycles. The molecule has 4 aromatic rings. The number of thiazole rings is 1. The molecule has 39 heavy (non-hydrogen) atoms. The van der Waals surface area contributed by atoms with Crippen molar-refractivity contribution in [1.29, 1.82) is 0 Å². The van der Waals surface area contributed by atoms with Crippen molar-refractivity contribution in [1.82, 2.24) is 15.6 Å². The van der Waals surface area contributed by atoms with Gasteiger partial charge in [-0.1, -0.05) is 48.5 Å². The fourth-order valence-corrected chi connectivity index (χ4v) is 6.04. The number of hydrogen-bond acceptors (Lipinski definition) is 7. The molecule has 12 heteroatoms. The molecule has 3 unspecified atom stereocenters. The van der Waals surface area contributed by atoms with Crippen molar-refractivity contribution in [3.05, 3.63) is 94.3 Å². The van der Waals surface area contributed by atoms with E-state index in [4.69, 9.17) is 9.72 Å². The van der Waals surface area contributed by atoms with Crippen LogP contribution < -0.4 is 15.4 Å². The van der Waals surface area contributed by atoms with Crippen molar-refractivity contribution in [3.8, 4) is 9.88 Å². The van der Waals surface area contributed by atoms with Crippen LogP contribution >= 0.6 is 22.7 Å². The number of nitrogens with one attached hydrogen (secondary N) is 3. The zero-order chi connectivity index (χ0) is 27.8. The predicted molar refractivity (Wildman–Crippen MR) is 157 cm³/mol. The van der Waals surface area contributed by atoms with E-state index in [0.29, 0.717) is 17.8 Å². The molecule has 0 saturated heterocycles. The zero-order valence-corrected chi connectivity index (χ0v) is 23.5. The van der Waals surface area contributed by atoms with Gasteiger partial charge in [-0.3, -0.25) is 14.1 Å². The lowest BCUT2D eigenvalue weighted by atomic mass is 10.0. The highest BCUT2D eigenvalue weighted by Crippen LogP contribution is 2.31. The lowest BCUT2D eigenvalue weighted by molar-refractivity contribution is -0.123. The maximum absolute atomic E-state index is 13.5. The highest BCUT2D eigenvalue weighted by atomic mass is 32.2. The van der Waals surface area contributed by atoms with Crippen molar-refractivity contribution in [2.24, 2.45) is 0 Å². The monoisotopic (exact) mass is 584 g/mol. The van der Waals surface area contributed by atoms with Gasteiger partial charge in [-0.25, -0.2) is 14.0 Å². The van der Waals surface area contributed by atoms with Crippen LogP contribution in [0.25, 0.3) is 9.88 Å². The summed E-state index contributed by atoms with van der Waals surface area (Å²) in [5.74, 6) is 2.81. The van der Waals surface area contributed by atoms with Gasteiger partial charge in [-0.15, -0.1) is 22.7 Å². The Bertz CT molecular complexity index is 1490. The van der Waals surface area contributed by atoms with Crippen molar-refractivity contribution >= 4 is 56.2 Å². The molecule has 0 bridgehead atoms. The number of carbonyl (C=O) groups excluding carboxylic acids is 2. The van der Waals surface area contributed by atoms with E-state index in [9.17, 15) is 18.4 Å². The second kappa shape index (κ2) is 12.9. The Balaban J connectivity index is 1.59. The first-order chi connectivity index (χ1) is 18.7. The summed E-state index contributed by atoms with van der Waals surface area (Å²) < 4.78 is 28.2. The number of amides is 2. The standard InChI is InChI=1S/C27H28N4O5S3/c1-36-27(33)30-22(16-18-7-4-3-5-8-18)25(32)28-21(23-17-38-26(29-23)24-9-6-14-37-24)15-19-10-12-20(13-11-19)31-39(2,34)35/h3-14,17,21-22H,2,15-16H2,1H3,(H,28,32)(H,30,33)(H2,31,34,35). The van der Waals surface area contributed by atoms with E-state index >= 15 is 0 Å². The van der Waals surface area contributed by atoms with E-state index in [-0.39, 0.29) is 12.3 Å². The molecule has 2 amide bonds. The van der Waals surface area contributed by atoms with Crippen LogP contribution in [0.5, 0.6) is 0 Å². The molecule has 2 aromatic carbocycles. The van der Waals surface area contributed by atoms with Gasteiger partial charge in [0, 0.05) is 17.5 Å². The molecule has 0 aliphatic heterocycles. The maximum Gasteiger partial charge on any atom is 0.407 e. The van der Waals surface area contributed by atoms with Crippen LogP contribution in [0.1, 0.15) is 22.9 Å². The number of benzene rings is 2. The third-order valence-electron chi connectivity index (χ3n) is 5.68. The van der Waals surface area contributed by atoms with Crippen molar-refractivity contribution in [2.75, 3.05) is 11.8 Å². The van der Waals surface area contributed by atoms with Gasteiger partial charge >= 0.3 is 6.09 Å². The van der Waals surface area contributed by atoms with Crippen molar-refractivity contribution in [2.45, 2.75) is 24.9 Å². The first kappa shape index (κ1) is 28.3. The maximum atomic E-state index is 13.5. The van der Waals surface area contributed by atoms with E-state index in [2.05, 4.69) is 21.2 Å². The van der Waals surface area contributed by atoms with Crippen molar-refractivity contribution < 1.29 is 23.1 Å². The lowest BCUT2D eigenvalue weighted by Gasteiger charge is -2.23. The summed E-state index contributed by atoms with van der Waals surface area (Å²) in [5.41, 5.74) is 2.88. The average Bonchev–Trinajstić information content (AvgIpc) is 3.61. The molecule has 0 fully saturated rings. The summed E-state index contributed by atoms with van der Waals surface area (Å²) in [6.07, 6.45) is -0.0302. The lowest BCUT2D eigenvalue weighted by Crippen LogP contribution is -2.49. The minimum absolute atomic E-state index is 0.276. The second-order valence-corrected chi connectivity index (χ2v) is 11.9. The Kier molecular flexibility index (Phi) is 9.36. The Hall–Kier alpha value is -3.71. The number of nitrogens with zero attached hydrogens (tertiary/aromatic N) is 1. The number of methoxy groups -OCH3 is 1. The van der Waals surface area contributed by atoms with Crippen LogP contribution in [-0.4, -0.2) is 44.8 Å². The molecule has 2 heterocycles. The van der Waals surface area contributed by atoms with E-state index in [0.717, 1.165) is 21.0 Å². The van der Waals surface area contributed by atoms with Gasteiger partial charge in [-0.05, 0) is 47.0 Å². The van der Waals surface area contributed by atoms with Gasteiger partial charge in [0.1, 0.15) is 11.0 Å². The molecule has 204 valence electrons. The van der Waals surface area contributed by atoms with Gasteiger partial charge < -0.3 is 15.4 Å². The second-order valence-electron chi connectivity index (χ2n) is 8.64. The number of anilines is 1. The molecular weight excluding hydrogens is 557 g/mol. The highest BCUT2D eigenvalue weighted by molar-refractivity contribution is 7.96. The third-order valence-corrected chi connectivity index (χ3v) is 8.13. The highest BCUT2D eigenvalue weighted by Gasteiger charge is 2.26. The first-order valence-corrected chi connectivity index (χ1v) is 15.3. The van der Waals surface area contributed by atoms with Crippen LogP contribution in [-0.2, 0) is 32.4 Å².